The molecule has 0 aliphatic heterocycles. The third kappa shape index (κ3) is 4.39. The molecule has 8 heteroatoms. The largest absolute Gasteiger partial charge is 0.384 e. The summed E-state index contributed by atoms with van der Waals surface area (Å²) >= 11 is 1.38. The van der Waals surface area contributed by atoms with Crippen LogP contribution >= 0.6 is 11.8 Å². The quantitative estimate of drug-likeness (QED) is 0.464. The van der Waals surface area contributed by atoms with Gasteiger partial charge in [0.25, 0.3) is 0 Å². The molecule has 0 spiro atoms. The van der Waals surface area contributed by atoms with E-state index in [-0.39, 0.29) is 0 Å². The molecule has 3 aromatic rings. The number of nitrogens with two attached hydrogens (primary N) is 1. The predicted octanol–water partition coefficient (Wildman–Crippen LogP) is 3.97. The predicted molar refractivity (Wildman–Crippen MR) is 104 cm³/mol. The molecule has 0 unspecified atom stereocenters. The number of aromatic nitrogens is 3. The minimum absolute atomic E-state index is 0.413. The molecule has 0 radical (unpaired) electrons. The Hall–Kier alpha value is -2.19. The van der Waals surface area contributed by atoms with Crippen molar-refractivity contribution in [2.45, 2.75) is 31.2 Å². The van der Waals surface area contributed by atoms with E-state index in [1.54, 1.807) is 13.3 Å². The van der Waals surface area contributed by atoms with Crippen molar-refractivity contribution < 1.29 is 13.5 Å². The molecule has 0 fully saturated rings. The molecule has 0 aliphatic rings. The summed E-state index contributed by atoms with van der Waals surface area (Å²) in [6, 6.07) is 3.66. The molecular formula is C19H22F2N4OS. The van der Waals surface area contributed by atoms with Gasteiger partial charge in [-0.2, -0.15) is 0 Å². The van der Waals surface area contributed by atoms with E-state index in [0.29, 0.717) is 35.0 Å². The summed E-state index contributed by atoms with van der Waals surface area (Å²) in [6.07, 6.45) is 3.22. The molecule has 2 heterocycles. The van der Waals surface area contributed by atoms with Crippen LogP contribution < -0.4 is 5.73 Å². The van der Waals surface area contributed by atoms with Gasteiger partial charge in [0.05, 0.1) is 12.1 Å². The first-order chi connectivity index (χ1) is 13.0. The molecule has 27 heavy (non-hydrogen) atoms. The van der Waals surface area contributed by atoms with Gasteiger partial charge in [0.15, 0.2) is 5.82 Å². The van der Waals surface area contributed by atoms with Crippen LogP contribution in [0.25, 0.3) is 11.0 Å². The summed E-state index contributed by atoms with van der Waals surface area (Å²) in [5.74, 6) is 0.920. The molecule has 144 valence electrons. The minimum atomic E-state index is -0.564. The Labute approximate surface area is 160 Å². The summed E-state index contributed by atoms with van der Waals surface area (Å²) in [5, 5.41) is 0. The number of thioether (sulfide) groups is 1. The number of anilines is 1. The molecule has 0 aliphatic carbocycles. The van der Waals surface area contributed by atoms with Crippen LogP contribution in [0.1, 0.15) is 17.8 Å². The maximum Gasteiger partial charge on any atom is 0.151 e. The van der Waals surface area contributed by atoms with Gasteiger partial charge < -0.3 is 15.0 Å². The average Bonchev–Trinajstić information content (AvgIpc) is 3.01. The number of pyridine rings is 1. The van der Waals surface area contributed by atoms with Crippen molar-refractivity contribution in [3.63, 3.8) is 0 Å². The van der Waals surface area contributed by atoms with Crippen molar-refractivity contribution in [1.82, 2.24) is 14.5 Å². The Bertz CT molecular complexity index is 945. The summed E-state index contributed by atoms with van der Waals surface area (Å²) in [6.45, 7) is 3.26. The number of hydrogen-bond acceptors (Lipinski definition) is 5. The first-order valence-electron chi connectivity index (χ1n) is 8.68. The van der Waals surface area contributed by atoms with Crippen LogP contribution in [-0.4, -0.2) is 34.0 Å². The summed E-state index contributed by atoms with van der Waals surface area (Å²) in [5.41, 5.74) is 8.69. The highest BCUT2D eigenvalue weighted by Gasteiger charge is 2.15. The lowest BCUT2D eigenvalue weighted by Gasteiger charge is -2.11. The van der Waals surface area contributed by atoms with Gasteiger partial charge in [-0.25, -0.2) is 18.7 Å². The highest BCUT2D eigenvalue weighted by atomic mass is 32.2. The number of fused-ring (bicyclic) bond motifs is 1. The third-order valence-corrected chi connectivity index (χ3v) is 5.40. The maximum absolute atomic E-state index is 13.7. The van der Waals surface area contributed by atoms with Crippen molar-refractivity contribution in [2.75, 3.05) is 25.2 Å². The molecule has 0 bridgehead atoms. The molecule has 2 N–H and O–H groups in total. The fourth-order valence-electron chi connectivity index (χ4n) is 2.99. The Morgan fingerprint density at radius 1 is 1.30 bits per heavy atom. The van der Waals surface area contributed by atoms with Gasteiger partial charge in [0, 0.05) is 37.2 Å². The second-order valence-electron chi connectivity index (χ2n) is 6.22. The third-order valence-electron chi connectivity index (χ3n) is 4.27. The van der Waals surface area contributed by atoms with Crippen LogP contribution in [0.15, 0.2) is 29.3 Å². The van der Waals surface area contributed by atoms with E-state index in [0.717, 1.165) is 35.9 Å². The van der Waals surface area contributed by atoms with Gasteiger partial charge in [0.2, 0.25) is 0 Å². The van der Waals surface area contributed by atoms with E-state index in [9.17, 15) is 8.78 Å². The highest BCUT2D eigenvalue weighted by molar-refractivity contribution is 7.99. The second-order valence-corrected chi connectivity index (χ2v) is 7.36. The number of aryl methyl sites for hydroxylation is 2. The van der Waals surface area contributed by atoms with E-state index < -0.39 is 11.6 Å². The van der Waals surface area contributed by atoms with Crippen LogP contribution in [0.5, 0.6) is 0 Å². The molecule has 2 aromatic heterocycles. The van der Waals surface area contributed by atoms with Crippen molar-refractivity contribution in [3.8, 4) is 0 Å². The zero-order valence-electron chi connectivity index (χ0n) is 15.3. The normalized spacial score (nSPS) is 11.4. The monoisotopic (exact) mass is 392 g/mol. The smallest absolute Gasteiger partial charge is 0.151 e. The number of nitrogens with zero attached hydrogens (tertiary/aromatic N) is 3. The van der Waals surface area contributed by atoms with Gasteiger partial charge >= 0.3 is 0 Å². The standard InChI is InChI=1S/C19H22F2N4OS/c1-12-11-23-19(22)17-18(12)25(16(24-17)6-8-26-2)7-3-9-27-15-5-4-13(20)10-14(15)21/h4-5,10-11H,3,6-9H2,1-2H3,(H2,22,23). The molecule has 0 amide bonds. The lowest BCUT2D eigenvalue weighted by atomic mass is 10.2. The molecule has 3 rings (SSSR count). The molecular weight excluding hydrogens is 370 g/mol. The summed E-state index contributed by atoms with van der Waals surface area (Å²) < 4.78 is 34.1. The number of nitrogen functional groups attached to an aromatic ring is 1. The van der Waals surface area contributed by atoms with Gasteiger partial charge in [-0.3, -0.25) is 0 Å². The molecule has 0 atom stereocenters. The van der Waals surface area contributed by atoms with Crippen molar-refractivity contribution >= 4 is 28.6 Å². The van der Waals surface area contributed by atoms with Crippen molar-refractivity contribution in [3.05, 3.63) is 47.4 Å². The molecule has 0 saturated heterocycles. The number of imidazole rings is 1. The fourth-order valence-corrected chi connectivity index (χ4v) is 3.84. The SMILES string of the molecule is COCCc1nc2c(N)ncc(C)c2n1CCCSc1ccc(F)cc1F. The number of benzene rings is 1. The van der Waals surface area contributed by atoms with E-state index >= 15 is 0 Å². The Kier molecular flexibility index (Phi) is 6.28. The lowest BCUT2D eigenvalue weighted by Crippen LogP contribution is -2.08. The Morgan fingerprint density at radius 3 is 2.85 bits per heavy atom. The summed E-state index contributed by atoms with van der Waals surface area (Å²) in [7, 11) is 1.65. The molecule has 1 aromatic carbocycles. The van der Waals surface area contributed by atoms with Crippen molar-refractivity contribution in [2.24, 2.45) is 0 Å². The van der Waals surface area contributed by atoms with Gasteiger partial charge in [-0.15, -0.1) is 11.8 Å². The first-order valence-corrected chi connectivity index (χ1v) is 9.66. The van der Waals surface area contributed by atoms with E-state index in [1.165, 1.54) is 23.9 Å². The van der Waals surface area contributed by atoms with Crippen molar-refractivity contribution in [1.29, 1.82) is 0 Å². The highest BCUT2D eigenvalue weighted by Crippen LogP contribution is 2.26. The van der Waals surface area contributed by atoms with Crippen LogP contribution in [0.2, 0.25) is 0 Å². The van der Waals surface area contributed by atoms with Gasteiger partial charge in [-0.1, -0.05) is 0 Å². The number of rotatable bonds is 8. The summed E-state index contributed by atoms with van der Waals surface area (Å²) in [4.78, 5) is 9.30. The van der Waals surface area contributed by atoms with Crippen LogP contribution in [0, 0.1) is 18.6 Å². The van der Waals surface area contributed by atoms with Gasteiger partial charge in [-0.05, 0) is 36.8 Å². The maximum atomic E-state index is 13.7. The zero-order chi connectivity index (χ0) is 19.4. The fraction of sp³-hybridized carbons (Fsp3) is 0.368. The van der Waals surface area contributed by atoms with Gasteiger partial charge in [0.1, 0.15) is 23.0 Å². The number of methoxy groups -OCH3 is 1. The first kappa shape index (κ1) is 19.6. The van der Waals surface area contributed by atoms with E-state index in [4.69, 9.17) is 10.5 Å². The van der Waals surface area contributed by atoms with E-state index in [1.807, 2.05) is 6.92 Å². The topological polar surface area (TPSA) is 66.0 Å². The molecule has 5 nitrogen and oxygen atoms in total. The number of ether oxygens (including phenoxy) is 1. The Balaban J connectivity index is 1.75. The Morgan fingerprint density at radius 2 is 2.11 bits per heavy atom. The van der Waals surface area contributed by atoms with Crippen LogP contribution in [0.4, 0.5) is 14.6 Å². The minimum Gasteiger partial charge on any atom is -0.384 e. The lowest BCUT2D eigenvalue weighted by molar-refractivity contribution is 0.199. The van der Waals surface area contributed by atoms with Crippen LogP contribution in [0.3, 0.4) is 0 Å². The average molecular weight is 392 g/mol. The van der Waals surface area contributed by atoms with Crippen LogP contribution in [-0.2, 0) is 17.7 Å². The number of hydrogen-bond donors (Lipinski definition) is 1. The second kappa shape index (κ2) is 8.67. The molecule has 0 saturated carbocycles. The van der Waals surface area contributed by atoms with E-state index in [2.05, 4.69) is 14.5 Å². The zero-order valence-corrected chi connectivity index (χ0v) is 16.2. The number of halogens is 2.